The molecule has 0 heterocycles. The number of amides is 1. The van der Waals surface area contributed by atoms with E-state index in [9.17, 15) is 9.59 Å². The van der Waals surface area contributed by atoms with Gasteiger partial charge in [0.15, 0.2) is 0 Å². The molecule has 0 aromatic carbocycles. The van der Waals surface area contributed by atoms with E-state index < -0.39 is 5.97 Å². The molecule has 1 unspecified atom stereocenters. The summed E-state index contributed by atoms with van der Waals surface area (Å²) in [5, 5.41) is 5.38. The lowest BCUT2D eigenvalue weighted by Crippen LogP contribution is -2.39. The summed E-state index contributed by atoms with van der Waals surface area (Å²) in [5.41, 5.74) is 0. The molecular weight excluding hydrogens is 184 g/mol. The van der Waals surface area contributed by atoms with Gasteiger partial charge in [-0.3, -0.25) is 4.79 Å². The Kier molecular flexibility index (Phi) is 6.19. The normalized spacial score (nSPS) is 12.2. The highest BCUT2D eigenvalue weighted by Crippen LogP contribution is 1.82. The summed E-state index contributed by atoms with van der Waals surface area (Å²) < 4.78 is 4.37. The van der Waals surface area contributed by atoms with Gasteiger partial charge in [-0.15, -0.1) is 0 Å². The Hall–Kier alpha value is -1.52. The van der Waals surface area contributed by atoms with E-state index >= 15 is 0 Å². The van der Waals surface area contributed by atoms with Crippen molar-refractivity contribution in [2.75, 3.05) is 13.7 Å². The zero-order valence-corrected chi connectivity index (χ0v) is 8.66. The summed E-state index contributed by atoms with van der Waals surface area (Å²) in [6.07, 6.45) is 2.61. The molecule has 0 aliphatic rings. The number of nitrogens with one attached hydrogen (secondary N) is 2. The number of likely N-dealkylation sites (N-methyl/N-ethyl adjacent to an activating group) is 1. The smallest absolute Gasteiger partial charge is 0.331 e. The van der Waals surface area contributed by atoms with Crippen LogP contribution in [-0.2, 0) is 14.3 Å². The number of carbonyl (C=O) groups excluding carboxylic acids is 2. The van der Waals surface area contributed by atoms with Gasteiger partial charge in [-0.05, 0) is 13.8 Å². The fourth-order valence-electron chi connectivity index (χ4n) is 0.732. The Bertz CT molecular complexity index is 226. The molecule has 0 aromatic heterocycles. The first-order chi connectivity index (χ1) is 6.61. The summed E-state index contributed by atoms with van der Waals surface area (Å²) in [6.45, 7) is 4.13. The average Bonchev–Trinajstić information content (AvgIpc) is 2.17. The fourth-order valence-corrected chi connectivity index (χ4v) is 0.732. The molecule has 5 nitrogen and oxygen atoms in total. The Labute approximate surface area is 83.5 Å². The highest BCUT2D eigenvalue weighted by Gasteiger charge is 2.08. The molecule has 1 amide bonds. The van der Waals surface area contributed by atoms with E-state index in [4.69, 9.17) is 0 Å². The van der Waals surface area contributed by atoms with Crippen LogP contribution in [0.25, 0.3) is 0 Å². The minimum atomic E-state index is -0.458. The van der Waals surface area contributed by atoms with Crippen molar-refractivity contribution in [3.8, 4) is 0 Å². The maximum absolute atomic E-state index is 11.2. The van der Waals surface area contributed by atoms with Crippen molar-refractivity contribution < 1.29 is 14.3 Å². The number of ether oxygens (including phenoxy) is 1. The van der Waals surface area contributed by atoms with Gasteiger partial charge in [0.2, 0.25) is 5.91 Å². The lowest BCUT2D eigenvalue weighted by atomic mass is 10.3. The third kappa shape index (κ3) is 5.18. The Morgan fingerprint density at radius 3 is 2.64 bits per heavy atom. The van der Waals surface area contributed by atoms with Gasteiger partial charge < -0.3 is 15.4 Å². The van der Waals surface area contributed by atoms with Crippen LogP contribution in [0.4, 0.5) is 0 Å². The van der Waals surface area contributed by atoms with Crippen molar-refractivity contribution in [3.05, 3.63) is 12.3 Å². The minimum absolute atomic E-state index is 0.109. The average molecular weight is 200 g/mol. The molecule has 80 valence electrons. The highest BCUT2D eigenvalue weighted by atomic mass is 16.5. The van der Waals surface area contributed by atoms with Crippen LogP contribution in [0.1, 0.15) is 13.8 Å². The number of methoxy groups -OCH3 is 1. The highest BCUT2D eigenvalue weighted by molar-refractivity contribution is 5.83. The Morgan fingerprint density at radius 2 is 2.14 bits per heavy atom. The standard InChI is InChI=1S/C9H16N2O3/c1-4-10-9(13)7(2)11-6-5-8(12)14-3/h5-7,11H,4H2,1-3H3,(H,10,13)/b6-5+. The van der Waals surface area contributed by atoms with Gasteiger partial charge in [0.05, 0.1) is 7.11 Å². The summed E-state index contributed by atoms with van der Waals surface area (Å²) in [6, 6.07) is -0.365. The molecular formula is C9H16N2O3. The zero-order chi connectivity index (χ0) is 11.0. The summed E-state index contributed by atoms with van der Waals surface area (Å²) in [5.74, 6) is -0.567. The molecule has 5 heteroatoms. The number of hydrogen-bond donors (Lipinski definition) is 2. The van der Waals surface area contributed by atoms with E-state index in [0.717, 1.165) is 0 Å². The van der Waals surface area contributed by atoms with Crippen LogP contribution < -0.4 is 10.6 Å². The molecule has 0 aliphatic carbocycles. The first kappa shape index (κ1) is 12.5. The maximum atomic E-state index is 11.2. The zero-order valence-electron chi connectivity index (χ0n) is 8.66. The van der Waals surface area contributed by atoms with Crippen molar-refractivity contribution in [2.24, 2.45) is 0 Å². The molecule has 0 aliphatic heterocycles. The minimum Gasteiger partial charge on any atom is -0.466 e. The molecule has 14 heavy (non-hydrogen) atoms. The van der Waals surface area contributed by atoms with Gasteiger partial charge in [-0.1, -0.05) is 0 Å². The van der Waals surface area contributed by atoms with E-state index in [0.29, 0.717) is 6.54 Å². The van der Waals surface area contributed by atoms with Gasteiger partial charge in [0.1, 0.15) is 6.04 Å². The first-order valence-electron chi connectivity index (χ1n) is 4.40. The van der Waals surface area contributed by atoms with E-state index in [1.165, 1.54) is 19.4 Å². The van der Waals surface area contributed by atoms with E-state index in [2.05, 4.69) is 15.4 Å². The van der Waals surface area contributed by atoms with Gasteiger partial charge >= 0.3 is 5.97 Å². The van der Waals surface area contributed by atoms with E-state index in [1.54, 1.807) is 6.92 Å². The summed E-state index contributed by atoms with van der Waals surface area (Å²) >= 11 is 0. The second-order valence-corrected chi connectivity index (χ2v) is 2.64. The van der Waals surface area contributed by atoms with Crippen LogP contribution in [0.5, 0.6) is 0 Å². The second-order valence-electron chi connectivity index (χ2n) is 2.64. The van der Waals surface area contributed by atoms with Crippen LogP contribution >= 0.6 is 0 Å². The SMILES string of the molecule is CCNC(=O)C(C)N/C=C/C(=O)OC. The monoisotopic (exact) mass is 200 g/mol. The van der Waals surface area contributed by atoms with Gasteiger partial charge in [-0.25, -0.2) is 4.79 Å². The topological polar surface area (TPSA) is 67.4 Å². The van der Waals surface area contributed by atoms with Gasteiger partial charge in [-0.2, -0.15) is 0 Å². The van der Waals surface area contributed by atoms with Gasteiger partial charge in [0.25, 0.3) is 0 Å². The van der Waals surface area contributed by atoms with E-state index in [-0.39, 0.29) is 11.9 Å². The quantitative estimate of drug-likeness (QED) is 0.476. The van der Waals surface area contributed by atoms with Crippen LogP contribution in [-0.4, -0.2) is 31.6 Å². The Balaban J connectivity index is 3.83. The van der Waals surface area contributed by atoms with Crippen LogP contribution in [0.2, 0.25) is 0 Å². The van der Waals surface area contributed by atoms with Crippen molar-refractivity contribution >= 4 is 11.9 Å². The summed E-state index contributed by atoms with van der Waals surface area (Å²) in [4.78, 5) is 21.8. The predicted molar refractivity (Wildman–Crippen MR) is 52.4 cm³/mol. The lowest BCUT2D eigenvalue weighted by Gasteiger charge is -2.10. The Morgan fingerprint density at radius 1 is 1.50 bits per heavy atom. The van der Waals surface area contributed by atoms with Crippen molar-refractivity contribution in [2.45, 2.75) is 19.9 Å². The van der Waals surface area contributed by atoms with Crippen molar-refractivity contribution in [1.29, 1.82) is 0 Å². The molecule has 0 aromatic rings. The molecule has 0 radical (unpaired) electrons. The molecule has 0 fully saturated rings. The number of hydrogen-bond acceptors (Lipinski definition) is 4. The lowest BCUT2D eigenvalue weighted by molar-refractivity contribution is -0.135. The molecule has 0 saturated carbocycles. The fraction of sp³-hybridized carbons (Fsp3) is 0.556. The molecule has 0 spiro atoms. The number of esters is 1. The molecule has 0 rings (SSSR count). The molecule has 1 atom stereocenters. The molecule has 2 N–H and O–H groups in total. The predicted octanol–water partition coefficient (Wildman–Crippen LogP) is -0.213. The third-order valence-electron chi connectivity index (χ3n) is 1.51. The number of carbonyl (C=O) groups is 2. The van der Waals surface area contributed by atoms with Gasteiger partial charge in [0, 0.05) is 18.8 Å². The third-order valence-corrected chi connectivity index (χ3v) is 1.51. The largest absolute Gasteiger partial charge is 0.466 e. The van der Waals surface area contributed by atoms with Crippen LogP contribution in [0.3, 0.4) is 0 Å². The van der Waals surface area contributed by atoms with Crippen LogP contribution in [0.15, 0.2) is 12.3 Å². The second kappa shape index (κ2) is 6.94. The summed E-state index contributed by atoms with van der Waals surface area (Å²) in [7, 11) is 1.29. The first-order valence-corrected chi connectivity index (χ1v) is 4.40. The van der Waals surface area contributed by atoms with Crippen molar-refractivity contribution in [1.82, 2.24) is 10.6 Å². The molecule has 0 bridgehead atoms. The molecule has 0 saturated heterocycles. The van der Waals surface area contributed by atoms with Crippen LogP contribution in [0, 0.1) is 0 Å². The van der Waals surface area contributed by atoms with Crippen molar-refractivity contribution in [3.63, 3.8) is 0 Å². The van der Waals surface area contributed by atoms with E-state index in [1.807, 2.05) is 6.92 Å². The number of rotatable bonds is 5. The maximum Gasteiger partial charge on any atom is 0.331 e.